The Morgan fingerprint density at radius 3 is 2.10 bits per heavy atom. The molecule has 0 radical (unpaired) electrons. The van der Waals surface area contributed by atoms with Crippen molar-refractivity contribution in [3.05, 3.63) is 0 Å². The third-order valence-corrected chi connectivity index (χ3v) is 4.88. The number of carbonyl (C=O) groups is 2. The minimum Gasteiger partial charge on any atom is -0.342 e. The number of piperidine rings is 1. The quantitative estimate of drug-likeness (QED) is 0.752. The first-order valence-corrected chi connectivity index (χ1v) is 8.23. The summed E-state index contributed by atoms with van der Waals surface area (Å²) in [6.07, 6.45) is 3.54. The molecule has 0 atom stereocenters. The Labute approximate surface area is 126 Å². The predicted octanol–water partition coefficient (Wildman–Crippen LogP) is -0.637. The highest BCUT2D eigenvalue weighted by atomic mass is 16.2. The summed E-state index contributed by atoms with van der Waals surface area (Å²) >= 11 is 0. The fraction of sp³-hybridized carbons (Fsp3) is 0.867. The molecule has 0 aromatic carbocycles. The van der Waals surface area contributed by atoms with Gasteiger partial charge in [0, 0.05) is 52.4 Å². The van der Waals surface area contributed by atoms with Gasteiger partial charge in [-0.3, -0.25) is 14.5 Å². The fourth-order valence-corrected chi connectivity index (χ4v) is 3.28. The zero-order valence-electron chi connectivity index (χ0n) is 12.7. The van der Waals surface area contributed by atoms with Gasteiger partial charge < -0.3 is 15.1 Å². The zero-order chi connectivity index (χ0) is 14.7. The molecule has 0 bridgehead atoms. The molecule has 3 aliphatic rings. The van der Waals surface area contributed by atoms with Gasteiger partial charge in [-0.05, 0) is 19.3 Å². The molecule has 3 fully saturated rings. The average Bonchev–Trinajstić information content (AvgIpc) is 2.47. The Balaban J connectivity index is 1.40. The molecule has 0 unspecified atom stereocenters. The van der Waals surface area contributed by atoms with E-state index in [0.29, 0.717) is 6.54 Å². The lowest BCUT2D eigenvalue weighted by Crippen LogP contribution is -2.57. The maximum absolute atomic E-state index is 12.2. The molecule has 3 saturated heterocycles. The zero-order valence-corrected chi connectivity index (χ0v) is 12.7. The number of nitrogens with zero attached hydrogens (tertiary/aromatic N) is 3. The van der Waals surface area contributed by atoms with Crippen molar-refractivity contribution < 1.29 is 9.59 Å². The molecule has 0 spiro atoms. The molecule has 0 aromatic heterocycles. The van der Waals surface area contributed by atoms with Gasteiger partial charge in [0.2, 0.25) is 11.8 Å². The molecule has 0 aromatic rings. The van der Waals surface area contributed by atoms with Crippen LogP contribution in [0.4, 0.5) is 0 Å². The van der Waals surface area contributed by atoms with Crippen LogP contribution < -0.4 is 5.32 Å². The van der Waals surface area contributed by atoms with Crippen LogP contribution in [0, 0.1) is 5.92 Å². The van der Waals surface area contributed by atoms with Crippen LogP contribution in [0.15, 0.2) is 0 Å². The SMILES string of the molecule is O=C(CN1CCN(C(=O)C2CNC2)CC1)N1CCCCC1. The van der Waals surface area contributed by atoms with E-state index in [1.807, 2.05) is 9.80 Å². The number of piperazine rings is 1. The van der Waals surface area contributed by atoms with E-state index in [1.54, 1.807) is 0 Å². The van der Waals surface area contributed by atoms with Gasteiger partial charge in [0.1, 0.15) is 0 Å². The van der Waals surface area contributed by atoms with Gasteiger partial charge in [0.15, 0.2) is 0 Å². The molecule has 6 heteroatoms. The van der Waals surface area contributed by atoms with Crippen LogP contribution in [0.3, 0.4) is 0 Å². The van der Waals surface area contributed by atoms with Gasteiger partial charge in [-0.2, -0.15) is 0 Å². The van der Waals surface area contributed by atoms with E-state index in [1.165, 1.54) is 6.42 Å². The number of hydrogen-bond donors (Lipinski definition) is 1. The molecule has 1 N–H and O–H groups in total. The summed E-state index contributed by atoms with van der Waals surface area (Å²) in [6.45, 7) is 7.20. The standard InChI is InChI=1S/C15H26N4O2/c20-14(18-4-2-1-3-5-18)12-17-6-8-19(9-7-17)15(21)13-10-16-11-13/h13,16H,1-12H2. The number of likely N-dealkylation sites (tertiary alicyclic amines) is 1. The molecule has 2 amide bonds. The first kappa shape index (κ1) is 14.8. The number of rotatable bonds is 3. The van der Waals surface area contributed by atoms with Crippen molar-refractivity contribution in [3.63, 3.8) is 0 Å². The van der Waals surface area contributed by atoms with Crippen molar-refractivity contribution >= 4 is 11.8 Å². The molecule has 6 nitrogen and oxygen atoms in total. The monoisotopic (exact) mass is 294 g/mol. The molecule has 21 heavy (non-hydrogen) atoms. The van der Waals surface area contributed by atoms with Crippen LogP contribution in [0.25, 0.3) is 0 Å². The predicted molar refractivity (Wildman–Crippen MR) is 79.8 cm³/mol. The van der Waals surface area contributed by atoms with Crippen molar-refractivity contribution in [3.8, 4) is 0 Å². The summed E-state index contributed by atoms with van der Waals surface area (Å²) in [5.74, 6) is 0.736. The highest BCUT2D eigenvalue weighted by molar-refractivity contribution is 5.80. The van der Waals surface area contributed by atoms with E-state index >= 15 is 0 Å². The largest absolute Gasteiger partial charge is 0.342 e. The van der Waals surface area contributed by atoms with E-state index in [4.69, 9.17) is 0 Å². The molecular formula is C15H26N4O2. The van der Waals surface area contributed by atoms with Crippen LogP contribution in [0.1, 0.15) is 19.3 Å². The van der Waals surface area contributed by atoms with Gasteiger partial charge >= 0.3 is 0 Å². The van der Waals surface area contributed by atoms with Crippen molar-refractivity contribution in [2.45, 2.75) is 19.3 Å². The Bertz CT molecular complexity index is 383. The van der Waals surface area contributed by atoms with Gasteiger partial charge in [-0.1, -0.05) is 0 Å². The molecule has 0 aliphatic carbocycles. The lowest BCUT2D eigenvalue weighted by molar-refractivity contribution is -0.139. The van der Waals surface area contributed by atoms with Crippen LogP contribution in [0.5, 0.6) is 0 Å². The highest BCUT2D eigenvalue weighted by Gasteiger charge is 2.31. The van der Waals surface area contributed by atoms with Crippen molar-refractivity contribution in [2.75, 3.05) is 58.9 Å². The first-order valence-electron chi connectivity index (χ1n) is 8.23. The minimum atomic E-state index is 0.187. The lowest BCUT2D eigenvalue weighted by Gasteiger charge is -2.39. The van der Waals surface area contributed by atoms with Crippen molar-refractivity contribution in [2.24, 2.45) is 5.92 Å². The topological polar surface area (TPSA) is 55.9 Å². The van der Waals surface area contributed by atoms with E-state index in [-0.39, 0.29) is 17.7 Å². The summed E-state index contributed by atoms with van der Waals surface area (Å²) in [5.41, 5.74) is 0. The minimum absolute atomic E-state index is 0.187. The molecular weight excluding hydrogens is 268 g/mol. The average molecular weight is 294 g/mol. The van der Waals surface area contributed by atoms with E-state index < -0.39 is 0 Å². The summed E-state index contributed by atoms with van der Waals surface area (Å²) < 4.78 is 0. The number of carbonyl (C=O) groups excluding carboxylic acids is 2. The van der Waals surface area contributed by atoms with Gasteiger partial charge in [0.25, 0.3) is 0 Å². The van der Waals surface area contributed by atoms with Crippen LogP contribution in [0.2, 0.25) is 0 Å². The summed E-state index contributed by atoms with van der Waals surface area (Å²) in [6, 6.07) is 0. The van der Waals surface area contributed by atoms with E-state index in [0.717, 1.165) is 65.2 Å². The maximum Gasteiger partial charge on any atom is 0.236 e. The van der Waals surface area contributed by atoms with Crippen LogP contribution in [-0.4, -0.2) is 85.4 Å². The second-order valence-corrected chi connectivity index (χ2v) is 6.40. The second kappa shape index (κ2) is 6.75. The first-order chi connectivity index (χ1) is 10.2. The fourth-order valence-electron chi connectivity index (χ4n) is 3.28. The van der Waals surface area contributed by atoms with Gasteiger partial charge in [0.05, 0.1) is 12.5 Å². The summed E-state index contributed by atoms with van der Waals surface area (Å²) in [7, 11) is 0. The number of nitrogens with one attached hydrogen (secondary N) is 1. The number of amides is 2. The third-order valence-electron chi connectivity index (χ3n) is 4.88. The highest BCUT2D eigenvalue weighted by Crippen LogP contribution is 2.12. The molecule has 0 saturated carbocycles. The van der Waals surface area contributed by atoms with Crippen molar-refractivity contribution in [1.82, 2.24) is 20.0 Å². The van der Waals surface area contributed by atoms with E-state index in [2.05, 4.69) is 10.2 Å². The smallest absolute Gasteiger partial charge is 0.236 e. The molecule has 3 heterocycles. The normalized spacial score (nSPS) is 24.8. The molecule has 3 rings (SSSR count). The molecule has 118 valence electrons. The second-order valence-electron chi connectivity index (χ2n) is 6.40. The van der Waals surface area contributed by atoms with Crippen LogP contribution in [-0.2, 0) is 9.59 Å². The Morgan fingerprint density at radius 1 is 0.857 bits per heavy atom. The Kier molecular flexibility index (Phi) is 4.75. The maximum atomic E-state index is 12.2. The molecule has 3 aliphatic heterocycles. The van der Waals surface area contributed by atoms with Crippen molar-refractivity contribution in [1.29, 1.82) is 0 Å². The van der Waals surface area contributed by atoms with E-state index in [9.17, 15) is 9.59 Å². The third kappa shape index (κ3) is 3.55. The lowest BCUT2D eigenvalue weighted by atomic mass is 10.0. The Hall–Kier alpha value is -1.14. The van der Waals surface area contributed by atoms with Crippen LogP contribution >= 0.6 is 0 Å². The summed E-state index contributed by atoms with van der Waals surface area (Å²) in [4.78, 5) is 30.6. The van der Waals surface area contributed by atoms with Gasteiger partial charge in [-0.15, -0.1) is 0 Å². The van der Waals surface area contributed by atoms with Gasteiger partial charge in [-0.25, -0.2) is 0 Å². The number of hydrogen-bond acceptors (Lipinski definition) is 4. The Morgan fingerprint density at radius 2 is 1.52 bits per heavy atom. The summed E-state index contributed by atoms with van der Waals surface area (Å²) in [5, 5.41) is 3.14.